The summed E-state index contributed by atoms with van der Waals surface area (Å²) in [5.74, 6) is 0.811. The predicted molar refractivity (Wildman–Crippen MR) is 89.3 cm³/mol. The first-order valence-electron chi connectivity index (χ1n) is 7.65. The molecule has 1 aliphatic rings. The van der Waals surface area contributed by atoms with Gasteiger partial charge < -0.3 is 5.32 Å². The fourth-order valence-electron chi connectivity index (χ4n) is 2.89. The van der Waals surface area contributed by atoms with E-state index in [0.717, 1.165) is 29.3 Å². The minimum Gasteiger partial charge on any atom is -0.321 e. The van der Waals surface area contributed by atoms with Crippen molar-refractivity contribution in [2.75, 3.05) is 5.32 Å². The highest BCUT2D eigenvalue weighted by Crippen LogP contribution is 2.33. The van der Waals surface area contributed by atoms with Crippen LogP contribution in [0.3, 0.4) is 0 Å². The molecule has 0 saturated heterocycles. The Bertz CT molecular complexity index is 642. The van der Waals surface area contributed by atoms with Crippen molar-refractivity contribution in [2.24, 2.45) is 5.92 Å². The number of anilines is 1. The molecule has 3 heteroatoms. The molecule has 2 nitrogen and oxygen atoms in total. The Morgan fingerprint density at radius 3 is 2.81 bits per heavy atom. The number of fused-ring (bicyclic) bond motifs is 1. The van der Waals surface area contributed by atoms with Crippen molar-refractivity contribution in [1.29, 1.82) is 0 Å². The van der Waals surface area contributed by atoms with E-state index in [4.69, 9.17) is 0 Å². The van der Waals surface area contributed by atoms with Crippen LogP contribution in [-0.4, -0.2) is 5.91 Å². The van der Waals surface area contributed by atoms with Gasteiger partial charge >= 0.3 is 0 Å². The van der Waals surface area contributed by atoms with Crippen LogP contribution in [0.4, 0.5) is 5.69 Å². The third-order valence-corrected chi connectivity index (χ3v) is 5.53. The van der Waals surface area contributed by atoms with Crippen LogP contribution in [0.5, 0.6) is 0 Å². The van der Waals surface area contributed by atoms with E-state index < -0.39 is 0 Å². The summed E-state index contributed by atoms with van der Waals surface area (Å²) in [5.41, 5.74) is 3.46. The number of carbonyl (C=O) groups is 1. The molecule has 2 aromatic rings. The minimum atomic E-state index is 0.0197. The van der Waals surface area contributed by atoms with Crippen molar-refractivity contribution in [2.45, 2.75) is 39.5 Å². The Labute approximate surface area is 130 Å². The standard InChI is InChI=1S/C18H21NOS/c1-3-13-6-9-16-14(10-13)11-17(21-16)18(20)19-15-7-4-12(2)5-8-15/h4-5,7-8,11,13H,3,6,9-10H2,1-2H3,(H,19,20)/t13-/m0/s1. The second kappa shape index (κ2) is 6.02. The van der Waals surface area contributed by atoms with Crippen LogP contribution in [0.2, 0.25) is 0 Å². The summed E-state index contributed by atoms with van der Waals surface area (Å²) in [7, 11) is 0. The van der Waals surface area contributed by atoms with Gasteiger partial charge in [-0.3, -0.25) is 4.79 Å². The molecule has 3 rings (SSSR count). The van der Waals surface area contributed by atoms with E-state index in [1.165, 1.54) is 28.8 Å². The zero-order valence-corrected chi connectivity index (χ0v) is 13.4. The number of amides is 1. The normalized spacial score (nSPS) is 17.3. The molecule has 1 heterocycles. The third kappa shape index (κ3) is 3.18. The van der Waals surface area contributed by atoms with E-state index in [0.29, 0.717) is 0 Å². The first-order chi connectivity index (χ1) is 10.2. The molecule has 0 aliphatic heterocycles. The lowest BCUT2D eigenvalue weighted by molar-refractivity contribution is 0.103. The van der Waals surface area contributed by atoms with Gasteiger partial charge in [-0.05, 0) is 55.9 Å². The van der Waals surface area contributed by atoms with Gasteiger partial charge in [-0.2, -0.15) is 0 Å². The maximum Gasteiger partial charge on any atom is 0.265 e. The molecule has 1 amide bonds. The van der Waals surface area contributed by atoms with Gasteiger partial charge in [0.05, 0.1) is 4.88 Å². The zero-order valence-electron chi connectivity index (χ0n) is 12.6. The number of nitrogens with one attached hydrogen (secondary N) is 1. The molecule has 1 atom stereocenters. The Hall–Kier alpha value is -1.61. The van der Waals surface area contributed by atoms with Crippen molar-refractivity contribution >= 4 is 22.9 Å². The molecule has 0 spiro atoms. The number of rotatable bonds is 3. The van der Waals surface area contributed by atoms with Gasteiger partial charge in [0.15, 0.2) is 0 Å². The Morgan fingerprint density at radius 1 is 1.33 bits per heavy atom. The lowest BCUT2D eigenvalue weighted by Crippen LogP contribution is -2.11. The maximum atomic E-state index is 12.4. The number of aryl methyl sites for hydroxylation is 2. The van der Waals surface area contributed by atoms with E-state index in [2.05, 4.69) is 18.3 Å². The molecule has 110 valence electrons. The van der Waals surface area contributed by atoms with E-state index >= 15 is 0 Å². The van der Waals surface area contributed by atoms with Gasteiger partial charge in [-0.25, -0.2) is 0 Å². The number of thiophene rings is 1. The Morgan fingerprint density at radius 2 is 2.10 bits per heavy atom. The minimum absolute atomic E-state index is 0.0197. The fraction of sp³-hybridized carbons (Fsp3) is 0.389. The fourth-order valence-corrected chi connectivity index (χ4v) is 3.99. The van der Waals surface area contributed by atoms with Gasteiger partial charge in [0.1, 0.15) is 0 Å². The quantitative estimate of drug-likeness (QED) is 0.864. The van der Waals surface area contributed by atoms with Crippen LogP contribution in [0, 0.1) is 12.8 Å². The van der Waals surface area contributed by atoms with E-state index in [1.807, 2.05) is 31.2 Å². The summed E-state index contributed by atoms with van der Waals surface area (Å²) in [4.78, 5) is 14.6. The average Bonchev–Trinajstić information content (AvgIpc) is 2.92. The molecule has 1 aromatic carbocycles. The van der Waals surface area contributed by atoms with Gasteiger partial charge in [-0.15, -0.1) is 11.3 Å². The van der Waals surface area contributed by atoms with Gasteiger partial charge in [0.2, 0.25) is 0 Å². The predicted octanol–water partition coefficient (Wildman–Crippen LogP) is 4.82. The molecule has 1 aromatic heterocycles. The summed E-state index contributed by atoms with van der Waals surface area (Å²) in [5, 5.41) is 2.99. The number of hydrogen-bond acceptors (Lipinski definition) is 2. The van der Waals surface area contributed by atoms with Crippen LogP contribution >= 0.6 is 11.3 Å². The van der Waals surface area contributed by atoms with Crippen molar-refractivity contribution in [1.82, 2.24) is 0 Å². The highest BCUT2D eigenvalue weighted by molar-refractivity contribution is 7.14. The van der Waals surface area contributed by atoms with Crippen LogP contribution in [0.1, 0.15) is 45.4 Å². The third-order valence-electron chi connectivity index (χ3n) is 4.30. The second-order valence-corrected chi connectivity index (χ2v) is 7.03. The van der Waals surface area contributed by atoms with Gasteiger partial charge in [0.25, 0.3) is 5.91 Å². The first-order valence-corrected chi connectivity index (χ1v) is 8.47. The van der Waals surface area contributed by atoms with E-state index in [9.17, 15) is 4.79 Å². The summed E-state index contributed by atoms with van der Waals surface area (Å²) in [6.07, 6.45) is 4.78. The summed E-state index contributed by atoms with van der Waals surface area (Å²) in [6.45, 7) is 4.30. The molecule has 1 N–H and O–H groups in total. The molecule has 1 aliphatic carbocycles. The molecule has 0 radical (unpaired) electrons. The van der Waals surface area contributed by atoms with Crippen molar-refractivity contribution in [3.8, 4) is 0 Å². The topological polar surface area (TPSA) is 29.1 Å². The van der Waals surface area contributed by atoms with Crippen molar-refractivity contribution in [3.05, 3.63) is 51.2 Å². The SMILES string of the molecule is CC[C@H]1CCc2sc(C(=O)Nc3ccc(C)cc3)cc2C1. The maximum absolute atomic E-state index is 12.4. The number of benzene rings is 1. The highest BCUT2D eigenvalue weighted by atomic mass is 32.1. The number of carbonyl (C=O) groups excluding carboxylic acids is 1. The lowest BCUT2D eigenvalue weighted by Gasteiger charge is -2.19. The van der Waals surface area contributed by atoms with Crippen LogP contribution in [0.25, 0.3) is 0 Å². The highest BCUT2D eigenvalue weighted by Gasteiger charge is 2.22. The Kier molecular flexibility index (Phi) is 4.11. The smallest absolute Gasteiger partial charge is 0.265 e. The largest absolute Gasteiger partial charge is 0.321 e. The first kappa shape index (κ1) is 14.3. The zero-order chi connectivity index (χ0) is 14.8. The molecule has 0 bridgehead atoms. The molecule has 0 unspecified atom stereocenters. The van der Waals surface area contributed by atoms with Gasteiger partial charge in [-0.1, -0.05) is 31.0 Å². The van der Waals surface area contributed by atoms with Crippen LogP contribution in [-0.2, 0) is 12.8 Å². The molecule has 21 heavy (non-hydrogen) atoms. The average molecular weight is 299 g/mol. The summed E-state index contributed by atoms with van der Waals surface area (Å²) < 4.78 is 0. The molecule has 0 saturated carbocycles. The van der Waals surface area contributed by atoms with Crippen molar-refractivity contribution in [3.63, 3.8) is 0 Å². The van der Waals surface area contributed by atoms with E-state index in [-0.39, 0.29) is 5.91 Å². The Balaban J connectivity index is 1.74. The molecular weight excluding hydrogens is 278 g/mol. The van der Waals surface area contributed by atoms with E-state index in [1.54, 1.807) is 11.3 Å². The van der Waals surface area contributed by atoms with Crippen LogP contribution < -0.4 is 5.32 Å². The molecule has 0 fully saturated rings. The lowest BCUT2D eigenvalue weighted by atomic mass is 9.87. The summed E-state index contributed by atoms with van der Waals surface area (Å²) >= 11 is 1.67. The number of hydrogen-bond donors (Lipinski definition) is 1. The monoisotopic (exact) mass is 299 g/mol. The second-order valence-electron chi connectivity index (χ2n) is 5.90. The van der Waals surface area contributed by atoms with Crippen molar-refractivity contribution < 1.29 is 4.79 Å². The summed E-state index contributed by atoms with van der Waals surface area (Å²) in [6, 6.07) is 10.0. The molecular formula is C18H21NOS. The van der Waals surface area contributed by atoms with Crippen LogP contribution in [0.15, 0.2) is 30.3 Å². The van der Waals surface area contributed by atoms with Gasteiger partial charge in [0, 0.05) is 10.6 Å².